The van der Waals surface area contributed by atoms with Crippen LogP contribution in [0.15, 0.2) is 0 Å². The van der Waals surface area contributed by atoms with E-state index in [4.69, 9.17) is 18.9 Å². The van der Waals surface area contributed by atoms with Crippen molar-refractivity contribution in [2.45, 2.75) is 130 Å². The van der Waals surface area contributed by atoms with Crippen molar-refractivity contribution in [3.8, 4) is 0 Å². The zero-order valence-corrected chi connectivity index (χ0v) is 22.6. The normalized spacial score (nSPS) is 21.2. The Morgan fingerprint density at radius 3 is 2.09 bits per heavy atom. The molecular formula is C27H49NO6. The minimum Gasteiger partial charge on any atom is -0.460 e. The van der Waals surface area contributed by atoms with Gasteiger partial charge in [0.1, 0.15) is 11.2 Å². The van der Waals surface area contributed by atoms with Crippen molar-refractivity contribution in [2.75, 3.05) is 26.3 Å². The van der Waals surface area contributed by atoms with Gasteiger partial charge in [0.2, 0.25) is 0 Å². The van der Waals surface area contributed by atoms with Crippen LogP contribution in [0.25, 0.3) is 0 Å². The number of piperidine rings is 1. The SMILES string of the molecule is CC(C)(C)OC(=O)N1CCC(CCCCCCCOC2CCCCO2)(C(=O)OC(C)(C)C)CC1. The third kappa shape index (κ3) is 10.5. The molecule has 2 rings (SSSR count). The molecule has 2 fully saturated rings. The molecule has 0 radical (unpaired) electrons. The van der Waals surface area contributed by atoms with Crippen molar-refractivity contribution >= 4 is 12.1 Å². The van der Waals surface area contributed by atoms with Gasteiger partial charge in [0, 0.05) is 26.3 Å². The molecule has 0 spiro atoms. The second-order valence-electron chi connectivity index (χ2n) is 11.9. The van der Waals surface area contributed by atoms with E-state index in [0.29, 0.717) is 25.9 Å². The van der Waals surface area contributed by atoms with E-state index in [1.54, 1.807) is 4.90 Å². The smallest absolute Gasteiger partial charge is 0.410 e. The van der Waals surface area contributed by atoms with Crippen LogP contribution in [0, 0.1) is 5.41 Å². The summed E-state index contributed by atoms with van der Waals surface area (Å²) in [6.07, 6.45) is 10.5. The fourth-order valence-corrected chi connectivity index (χ4v) is 4.54. The number of hydrogen-bond acceptors (Lipinski definition) is 6. The molecule has 198 valence electrons. The van der Waals surface area contributed by atoms with Crippen molar-refractivity contribution in [3.05, 3.63) is 0 Å². The number of amides is 1. The number of nitrogens with zero attached hydrogens (tertiary/aromatic N) is 1. The maximum absolute atomic E-state index is 13.2. The van der Waals surface area contributed by atoms with E-state index in [-0.39, 0.29) is 18.4 Å². The van der Waals surface area contributed by atoms with Gasteiger partial charge in [0.15, 0.2) is 6.29 Å². The van der Waals surface area contributed by atoms with Gasteiger partial charge in [0.25, 0.3) is 0 Å². The van der Waals surface area contributed by atoms with Crippen LogP contribution in [0.3, 0.4) is 0 Å². The number of hydrogen-bond donors (Lipinski definition) is 0. The minimum absolute atomic E-state index is 0.00557. The maximum atomic E-state index is 13.2. The molecule has 34 heavy (non-hydrogen) atoms. The van der Waals surface area contributed by atoms with Crippen LogP contribution in [0.1, 0.15) is 112 Å². The van der Waals surface area contributed by atoms with Gasteiger partial charge in [-0.05, 0) is 86.5 Å². The zero-order valence-electron chi connectivity index (χ0n) is 22.6. The average molecular weight is 484 g/mol. The Labute approximate surface area is 207 Å². The molecule has 2 saturated heterocycles. The molecule has 0 N–H and O–H groups in total. The van der Waals surface area contributed by atoms with Gasteiger partial charge < -0.3 is 23.8 Å². The Morgan fingerprint density at radius 1 is 0.882 bits per heavy atom. The van der Waals surface area contributed by atoms with Crippen LogP contribution in [0.2, 0.25) is 0 Å². The first-order valence-electron chi connectivity index (χ1n) is 13.3. The lowest BCUT2D eigenvalue weighted by Gasteiger charge is -2.41. The summed E-state index contributed by atoms with van der Waals surface area (Å²) in [4.78, 5) is 27.4. The molecule has 1 atom stereocenters. The van der Waals surface area contributed by atoms with E-state index in [0.717, 1.165) is 64.6 Å². The first-order valence-corrected chi connectivity index (χ1v) is 13.3. The van der Waals surface area contributed by atoms with Gasteiger partial charge in [0.05, 0.1) is 5.41 Å². The number of unbranched alkanes of at least 4 members (excludes halogenated alkanes) is 4. The topological polar surface area (TPSA) is 74.3 Å². The monoisotopic (exact) mass is 483 g/mol. The molecule has 0 aromatic carbocycles. The number of esters is 1. The summed E-state index contributed by atoms with van der Waals surface area (Å²) in [5.74, 6) is -0.121. The summed E-state index contributed by atoms with van der Waals surface area (Å²) >= 11 is 0. The lowest BCUT2D eigenvalue weighted by Crippen LogP contribution is -2.49. The maximum Gasteiger partial charge on any atom is 0.410 e. The Kier molecular flexibility index (Phi) is 11.1. The predicted molar refractivity (Wildman–Crippen MR) is 133 cm³/mol. The third-order valence-electron chi connectivity index (χ3n) is 6.45. The summed E-state index contributed by atoms with van der Waals surface area (Å²) in [5.41, 5.74) is -1.56. The van der Waals surface area contributed by atoms with Gasteiger partial charge in [-0.1, -0.05) is 25.7 Å². The Morgan fingerprint density at radius 2 is 1.50 bits per heavy atom. The number of carbonyl (C=O) groups excluding carboxylic acids is 2. The zero-order chi connectivity index (χ0) is 25.2. The van der Waals surface area contributed by atoms with Crippen LogP contribution >= 0.6 is 0 Å². The first kappa shape index (κ1) is 28.9. The summed E-state index contributed by atoms with van der Waals surface area (Å²) in [5, 5.41) is 0. The Hall–Kier alpha value is -1.34. The van der Waals surface area contributed by atoms with Gasteiger partial charge in [-0.25, -0.2) is 4.79 Å². The van der Waals surface area contributed by atoms with E-state index >= 15 is 0 Å². The lowest BCUT2D eigenvalue weighted by atomic mass is 9.74. The molecule has 2 aliphatic rings. The van der Waals surface area contributed by atoms with Crippen LogP contribution < -0.4 is 0 Å². The van der Waals surface area contributed by atoms with E-state index < -0.39 is 16.6 Å². The van der Waals surface area contributed by atoms with E-state index in [1.807, 2.05) is 41.5 Å². The second kappa shape index (κ2) is 13.1. The molecule has 7 heteroatoms. The summed E-state index contributed by atoms with van der Waals surface area (Å²) in [6, 6.07) is 0. The first-order chi connectivity index (χ1) is 15.9. The van der Waals surface area contributed by atoms with Crippen molar-refractivity contribution in [3.63, 3.8) is 0 Å². The van der Waals surface area contributed by atoms with Crippen LogP contribution in [-0.2, 0) is 23.7 Å². The minimum atomic E-state index is -0.523. The highest BCUT2D eigenvalue weighted by molar-refractivity contribution is 5.78. The second-order valence-corrected chi connectivity index (χ2v) is 11.9. The van der Waals surface area contributed by atoms with Gasteiger partial charge in [-0.15, -0.1) is 0 Å². The molecule has 0 aromatic rings. The standard InChI is InChI=1S/C27H49NO6/c1-25(2,3)33-23(29)27(16-18-28(19-17-27)24(30)34-26(4,5)6)15-11-8-7-9-12-20-31-22-14-10-13-21-32-22/h22H,7-21H2,1-6H3. The number of likely N-dealkylation sites (tertiary alicyclic amines) is 1. The molecule has 0 aliphatic carbocycles. The predicted octanol–water partition coefficient (Wildman–Crippen LogP) is 6.23. The lowest BCUT2D eigenvalue weighted by molar-refractivity contribution is -0.171. The van der Waals surface area contributed by atoms with Crippen LogP contribution in [0.5, 0.6) is 0 Å². The Bertz CT molecular complexity index is 622. The van der Waals surface area contributed by atoms with Gasteiger partial charge >= 0.3 is 12.1 Å². The molecule has 2 aliphatic heterocycles. The van der Waals surface area contributed by atoms with Crippen molar-refractivity contribution in [1.82, 2.24) is 4.90 Å². The Balaban J connectivity index is 1.76. The molecule has 1 unspecified atom stereocenters. The number of carbonyl (C=O) groups is 2. The molecular weight excluding hydrogens is 434 g/mol. The molecule has 0 bridgehead atoms. The van der Waals surface area contributed by atoms with Gasteiger partial charge in [-0.2, -0.15) is 0 Å². The molecule has 7 nitrogen and oxygen atoms in total. The van der Waals surface area contributed by atoms with E-state index in [1.165, 1.54) is 6.42 Å². The highest BCUT2D eigenvalue weighted by atomic mass is 16.7. The highest BCUT2D eigenvalue weighted by Gasteiger charge is 2.44. The summed E-state index contributed by atoms with van der Waals surface area (Å²) in [7, 11) is 0. The number of ether oxygens (including phenoxy) is 4. The molecule has 0 aromatic heterocycles. The van der Waals surface area contributed by atoms with Crippen LogP contribution in [0.4, 0.5) is 4.79 Å². The summed E-state index contributed by atoms with van der Waals surface area (Å²) < 4.78 is 22.8. The molecule has 2 heterocycles. The van der Waals surface area contributed by atoms with E-state index in [2.05, 4.69) is 0 Å². The summed E-state index contributed by atoms with van der Waals surface area (Å²) in [6.45, 7) is 14.0. The molecule has 1 amide bonds. The fourth-order valence-electron chi connectivity index (χ4n) is 4.54. The fraction of sp³-hybridized carbons (Fsp3) is 0.926. The van der Waals surface area contributed by atoms with Crippen molar-refractivity contribution in [2.24, 2.45) is 5.41 Å². The quantitative estimate of drug-likeness (QED) is 0.271. The van der Waals surface area contributed by atoms with E-state index in [9.17, 15) is 9.59 Å². The highest BCUT2D eigenvalue weighted by Crippen LogP contribution is 2.39. The van der Waals surface area contributed by atoms with Crippen molar-refractivity contribution in [1.29, 1.82) is 0 Å². The average Bonchev–Trinajstić information content (AvgIpc) is 2.74. The van der Waals surface area contributed by atoms with Gasteiger partial charge in [-0.3, -0.25) is 4.79 Å². The van der Waals surface area contributed by atoms with Crippen molar-refractivity contribution < 1.29 is 28.5 Å². The molecule has 0 saturated carbocycles. The third-order valence-corrected chi connectivity index (χ3v) is 6.45. The largest absolute Gasteiger partial charge is 0.460 e. The number of rotatable bonds is 10. The van der Waals surface area contributed by atoms with Crippen LogP contribution in [-0.4, -0.2) is 60.8 Å².